The molecule has 116 valence electrons. The lowest BCUT2D eigenvalue weighted by Crippen LogP contribution is -2.38. The Labute approximate surface area is 119 Å². The van der Waals surface area contributed by atoms with E-state index in [4.69, 9.17) is 4.74 Å². The summed E-state index contributed by atoms with van der Waals surface area (Å²) in [5.41, 5.74) is 0.410. The van der Waals surface area contributed by atoms with Gasteiger partial charge in [-0.25, -0.2) is 9.59 Å². The SMILES string of the molecule is CCOC(=O)c1cccc(NC(=O)N(C)CC(F)(F)F)c1. The van der Waals surface area contributed by atoms with Crippen LogP contribution in [0.3, 0.4) is 0 Å². The van der Waals surface area contributed by atoms with Crippen molar-refractivity contribution in [3.63, 3.8) is 0 Å². The molecule has 1 N–H and O–H groups in total. The molecule has 8 heteroatoms. The molecule has 0 unspecified atom stereocenters. The lowest BCUT2D eigenvalue weighted by Gasteiger charge is -2.19. The van der Waals surface area contributed by atoms with E-state index in [1.54, 1.807) is 6.92 Å². The monoisotopic (exact) mass is 304 g/mol. The Kier molecular flexibility index (Phi) is 5.57. The highest BCUT2D eigenvalue weighted by molar-refractivity contribution is 5.93. The minimum absolute atomic E-state index is 0.198. The molecule has 1 rings (SSSR count). The minimum atomic E-state index is -4.47. The maximum Gasteiger partial charge on any atom is 0.406 e. The zero-order chi connectivity index (χ0) is 16.0. The number of ether oxygens (including phenoxy) is 1. The molecule has 21 heavy (non-hydrogen) atoms. The van der Waals surface area contributed by atoms with Gasteiger partial charge in [-0.15, -0.1) is 0 Å². The molecule has 2 amide bonds. The molecule has 1 aromatic rings. The highest BCUT2D eigenvalue weighted by Gasteiger charge is 2.31. The lowest BCUT2D eigenvalue weighted by atomic mass is 10.2. The zero-order valence-corrected chi connectivity index (χ0v) is 11.5. The number of amides is 2. The van der Waals surface area contributed by atoms with Crippen molar-refractivity contribution in [3.8, 4) is 0 Å². The van der Waals surface area contributed by atoms with Crippen molar-refractivity contribution in [2.75, 3.05) is 25.5 Å². The van der Waals surface area contributed by atoms with Gasteiger partial charge < -0.3 is 15.0 Å². The highest BCUT2D eigenvalue weighted by atomic mass is 19.4. The molecule has 0 aliphatic carbocycles. The second kappa shape index (κ2) is 6.96. The molecule has 0 aliphatic heterocycles. The molecule has 0 spiro atoms. The molecule has 0 fully saturated rings. The maximum atomic E-state index is 12.2. The number of benzene rings is 1. The molecule has 0 aliphatic rings. The van der Waals surface area contributed by atoms with Crippen LogP contribution in [0.1, 0.15) is 17.3 Å². The summed E-state index contributed by atoms with van der Waals surface area (Å²) in [4.78, 5) is 23.6. The summed E-state index contributed by atoms with van der Waals surface area (Å²) in [7, 11) is 1.03. The summed E-state index contributed by atoms with van der Waals surface area (Å²) in [5, 5.41) is 2.28. The second-order valence-corrected chi connectivity index (χ2v) is 4.20. The summed E-state index contributed by atoms with van der Waals surface area (Å²) in [6.45, 7) is 0.482. The van der Waals surface area contributed by atoms with Crippen LogP contribution in [0.15, 0.2) is 24.3 Å². The van der Waals surface area contributed by atoms with Crippen LogP contribution in [-0.2, 0) is 4.74 Å². The van der Waals surface area contributed by atoms with Crippen LogP contribution in [-0.4, -0.2) is 43.3 Å². The molecule has 0 radical (unpaired) electrons. The number of nitrogens with zero attached hydrogens (tertiary/aromatic N) is 1. The average molecular weight is 304 g/mol. The molecule has 0 bridgehead atoms. The van der Waals surface area contributed by atoms with Crippen LogP contribution < -0.4 is 5.32 Å². The molecular formula is C13H15F3N2O3. The molecule has 0 saturated heterocycles. The van der Waals surface area contributed by atoms with E-state index in [0.29, 0.717) is 4.90 Å². The fourth-order valence-electron chi connectivity index (χ4n) is 1.50. The van der Waals surface area contributed by atoms with Crippen molar-refractivity contribution >= 4 is 17.7 Å². The number of alkyl halides is 3. The maximum absolute atomic E-state index is 12.2. The number of halogens is 3. The first-order chi connectivity index (χ1) is 9.73. The summed E-state index contributed by atoms with van der Waals surface area (Å²) >= 11 is 0. The number of anilines is 1. The summed E-state index contributed by atoms with van der Waals surface area (Å²) in [6, 6.07) is 4.84. The van der Waals surface area contributed by atoms with E-state index in [-0.39, 0.29) is 17.9 Å². The van der Waals surface area contributed by atoms with Gasteiger partial charge in [-0.2, -0.15) is 13.2 Å². The minimum Gasteiger partial charge on any atom is -0.462 e. The molecule has 0 saturated carbocycles. The van der Waals surface area contributed by atoms with E-state index in [1.165, 1.54) is 24.3 Å². The van der Waals surface area contributed by atoms with Crippen LogP contribution in [0.2, 0.25) is 0 Å². The molecule has 5 nitrogen and oxygen atoms in total. The first-order valence-electron chi connectivity index (χ1n) is 6.09. The predicted octanol–water partition coefficient (Wildman–Crippen LogP) is 2.89. The topological polar surface area (TPSA) is 58.6 Å². The predicted molar refractivity (Wildman–Crippen MR) is 70.1 cm³/mol. The number of esters is 1. The third kappa shape index (κ3) is 5.72. The Morgan fingerprint density at radius 3 is 2.57 bits per heavy atom. The van der Waals surface area contributed by atoms with Crippen LogP contribution in [0, 0.1) is 0 Å². The van der Waals surface area contributed by atoms with Gasteiger partial charge >= 0.3 is 18.2 Å². The lowest BCUT2D eigenvalue weighted by molar-refractivity contribution is -0.137. The van der Waals surface area contributed by atoms with Crippen LogP contribution >= 0.6 is 0 Å². The van der Waals surface area contributed by atoms with Gasteiger partial charge in [-0.1, -0.05) is 6.07 Å². The fourth-order valence-corrected chi connectivity index (χ4v) is 1.50. The van der Waals surface area contributed by atoms with Gasteiger partial charge in [0.1, 0.15) is 6.54 Å². The van der Waals surface area contributed by atoms with Gasteiger partial charge in [-0.3, -0.25) is 0 Å². The van der Waals surface area contributed by atoms with Gasteiger partial charge in [-0.05, 0) is 25.1 Å². The Balaban J connectivity index is 2.72. The average Bonchev–Trinajstić information content (AvgIpc) is 2.37. The second-order valence-electron chi connectivity index (χ2n) is 4.20. The summed E-state index contributed by atoms with van der Waals surface area (Å²) in [6.07, 6.45) is -4.47. The van der Waals surface area contributed by atoms with Crippen molar-refractivity contribution in [2.45, 2.75) is 13.1 Å². The largest absolute Gasteiger partial charge is 0.462 e. The molecule has 1 aromatic carbocycles. The first-order valence-corrected chi connectivity index (χ1v) is 6.09. The Morgan fingerprint density at radius 1 is 1.33 bits per heavy atom. The van der Waals surface area contributed by atoms with E-state index in [1.807, 2.05) is 0 Å². The number of carbonyl (C=O) groups is 2. The number of hydrogen-bond acceptors (Lipinski definition) is 3. The van der Waals surface area contributed by atoms with E-state index in [0.717, 1.165) is 7.05 Å². The van der Waals surface area contributed by atoms with Crippen molar-refractivity contribution in [1.82, 2.24) is 4.90 Å². The van der Waals surface area contributed by atoms with Crippen LogP contribution in [0.25, 0.3) is 0 Å². The van der Waals surface area contributed by atoms with Gasteiger partial charge in [0, 0.05) is 12.7 Å². The number of urea groups is 1. The third-order valence-corrected chi connectivity index (χ3v) is 2.39. The molecule has 0 heterocycles. The quantitative estimate of drug-likeness (QED) is 0.870. The first kappa shape index (κ1) is 16.8. The zero-order valence-electron chi connectivity index (χ0n) is 11.5. The van der Waals surface area contributed by atoms with Gasteiger partial charge in [0.2, 0.25) is 0 Å². The van der Waals surface area contributed by atoms with Gasteiger partial charge in [0.05, 0.1) is 12.2 Å². The van der Waals surface area contributed by atoms with Gasteiger partial charge in [0.15, 0.2) is 0 Å². The van der Waals surface area contributed by atoms with Crippen LogP contribution in [0.4, 0.5) is 23.7 Å². The van der Waals surface area contributed by atoms with Crippen molar-refractivity contribution < 1.29 is 27.5 Å². The molecule has 0 aromatic heterocycles. The smallest absolute Gasteiger partial charge is 0.406 e. The van der Waals surface area contributed by atoms with E-state index in [2.05, 4.69) is 5.32 Å². The summed E-state index contributed by atoms with van der Waals surface area (Å²) in [5.74, 6) is -0.572. The standard InChI is InChI=1S/C13H15F3N2O3/c1-3-21-11(19)9-5-4-6-10(7-9)17-12(20)18(2)8-13(14,15)16/h4-7H,3,8H2,1-2H3,(H,17,20). The third-order valence-electron chi connectivity index (χ3n) is 2.39. The van der Waals surface area contributed by atoms with E-state index >= 15 is 0 Å². The number of carbonyl (C=O) groups excluding carboxylic acids is 2. The van der Waals surface area contributed by atoms with Crippen LogP contribution in [0.5, 0.6) is 0 Å². The number of rotatable bonds is 4. The Hall–Kier alpha value is -2.25. The van der Waals surface area contributed by atoms with Crippen molar-refractivity contribution in [2.24, 2.45) is 0 Å². The fraction of sp³-hybridized carbons (Fsp3) is 0.385. The Bertz CT molecular complexity index is 518. The molecular weight excluding hydrogens is 289 g/mol. The summed E-state index contributed by atoms with van der Waals surface area (Å²) < 4.78 is 41.3. The Morgan fingerprint density at radius 2 is 2.00 bits per heavy atom. The number of nitrogens with one attached hydrogen (secondary N) is 1. The van der Waals surface area contributed by atoms with E-state index in [9.17, 15) is 22.8 Å². The number of hydrogen-bond donors (Lipinski definition) is 1. The normalized spacial score (nSPS) is 10.9. The van der Waals surface area contributed by atoms with Gasteiger partial charge in [0.25, 0.3) is 0 Å². The van der Waals surface area contributed by atoms with Crippen molar-refractivity contribution in [1.29, 1.82) is 0 Å². The molecule has 0 atom stereocenters. The van der Waals surface area contributed by atoms with E-state index < -0.39 is 24.7 Å². The van der Waals surface area contributed by atoms with Crippen molar-refractivity contribution in [3.05, 3.63) is 29.8 Å². The highest BCUT2D eigenvalue weighted by Crippen LogP contribution is 2.17.